The summed E-state index contributed by atoms with van der Waals surface area (Å²) in [6.45, 7) is -0.758. The Morgan fingerprint density at radius 1 is 0.857 bits per heavy atom. The maximum atomic E-state index is 13.9. The molecule has 180 valence electrons. The normalized spacial score (nSPS) is 11.9. The number of hydrogen-bond acceptors (Lipinski definition) is 9. The predicted molar refractivity (Wildman–Crippen MR) is 116 cm³/mol. The number of fused-ring (bicyclic) bond motifs is 2. The van der Waals surface area contributed by atoms with Gasteiger partial charge in [-0.1, -0.05) is 0 Å². The molecule has 0 saturated heterocycles. The van der Waals surface area contributed by atoms with Crippen LogP contribution >= 0.6 is 0 Å². The van der Waals surface area contributed by atoms with Gasteiger partial charge >= 0.3 is 11.9 Å². The zero-order chi connectivity index (χ0) is 25.3. The SMILES string of the molecule is O=C(O)c1cc(=O)c2cc(OCC(O)COc3cc(F)cc4oc(C(=O)O)cc(=O)c34)ccc2o1. The van der Waals surface area contributed by atoms with Gasteiger partial charge in [-0.3, -0.25) is 9.59 Å². The van der Waals surface area contributed by atoms with E-state index in [-0.39, 0.29) is 40.0 Å². The van der Waals surface area contributed by atoms with Gasteiger partial charge in [0.2, 0.25) is 11.5 Å². The molecule has 11 nitrogen and oxygen atoms in total. The summed E-state index contributed by atoms with van der Waals surface area (Å²) in [5.74, 6) is -5.02. The van der Waals surface area contributed by atoms with Gasteiger partial charge in [-0.25, -0.2) is 14.0 Å². The van der Waals surface area contributed by atoms with Crippen LogP contribution < -0.4 is 20.3 Å². The van der Waals surface area contributed by atoms with Crippen molar-refractivity contribution in [3.63, 3.8) is 0 Å². The standard InChI is InChI=1S/C23H15FO11/c24-10-3-17(21-15(27)7-20(23(30)31)35-18(21)4-10)33-9-11(25)8-32-12-1-2-16-13(5-12)14(26)6-19(34-16)22(28)29/h1-7,11,25H,8-9H2,(H,28,29)(H,30,31). The number of halogens is 1. The molecule has 0 saturated carbocycles. The van der Waals surface area contributed by atoms with Crippen LogP contribution in [0.2, 0.25) is 0 Å². The van der Waals surface area contributed by atoms with Crippen LogP contribution in [0.3, 0.4) is 0 Å². The fourth-order valence-electron chi connectivity index (χ4n) is 3.20. The van der Waals surface area contributed by atoms with Gasteiger partial charge in [0.15, 0.2) is 10.9 Å². The average molecular weight is 486 g/mol. The van der Waals surface area contributed by atoms with E-state index < -0.39 is 52.8 Å². The Labute approximate surface area is 193 Å². The Bertz CT molecular complexity index is 1580. The van der Waals surface area contributed by atoms with Crippen LogP contribution in [0, 0.1) is 5.82 Å². The molecule has 35 heavy (non-hydrogen) atoms. The summed E-state index contributed by atoms with van der Waals surface area (Å²) in [7, 11) is 0. The van der Waals surface area contributed by atoms with Crippen molar-refractivity contribution >= 4 is 33.9 Å². The van der Waals surface area contributed by atoms with Crippen LogP contribution in [-0.4, -0.2) is 46.6 Å². The summed E-state index contributed by atoms with van der Waals surface area (Å²) in [5, 5.41) is 28.0. The number of hydrogen-bond donors (Lipinski definition) is 3. The van der Waals surface area contributed by atoms with Crippen molar-refractivity contribution in [3.8, 4) is 11.5 Å². The summed E-state index contributed by atoms with van der Waals surface area (Å²) >= 11 is 0. The molecule has 1 unspecified atom stereocenters. The third kappa shape index (κ3) is 4.96. The Kier molecular flexibility index (Phi) is 6.21. The second kappa shape index (κ2) is 9.27. The summed E-state index contributed by atoms with van der Waals surface area (Å²) in [6.07, 6.45) is -1.26. The second-order valence-electron chi connectivity index (χ2n) is 7.27. The number of aliphatic hydroxyl groups excluding tert-OH is 1. The van der Waals surface area contributed by atoms with E-state index in [0.29, 0.717) is 0 Å². The van der Waals surface area contributed by atoms with Crippen molar-refractivity contribution < 1.29 is 47.6 Å². The third-order valence-electron chi connectivity index (χ3n) is 4.75. The highest BCUT2D eigenvalue weighted by Crippen LogP contribution is 2.26. The smallest absolute Gasteiger partial charge is 0.371 e. The van der Waals surface area contributed by atoms with E-state index in [2.05, 4.69) is 0 Å². The molecule has 4 aromatic rings. The molecule has 0 spiro atoms. The van der Waals surface area contributed by atoms with E-state index in [1.54, 1.807) is 0 Å². The van der Waals surface area contributed by atoms with Crippen molar-refractivity contribution in [2.75, 3.05) is 13.2 Å². The van der Waals surface area contributed by atoms with Crippen molar-refractivity contribution in [1.29, 1.82) is 0 Å². The fraction of sp³-hybridized carbons (Fsp3) is 0.130. The molecule has 3 N–H and O–H groups in total. The molecular weight excluding hydrogens is 471 g/mol. The highest BCUT2D eigenvalue weighted by molar-refractivity contribution is 5.90. The van der Waals surface area contributed by atoms with Crippen LogP contribution in [0.15, 0.2) is 60.9 Å². The van der Waals surface area contributed by atoms with Gasteiger partial charge in [-0.05, 0) is 18.2 Å². The number of ether oxygens (including phenoxy) is 2. The summed E-state index contributed by atoms with van der Waals surface area (Å²) in [4.78, 5) is 46.5. The third-order valence-corrected chi connectivity index (χ3v) is 4.75. The van der Waals surface area contributed by atoms with E-state index in [4.69, 9.17) is 28.5 Å². The molecule has 0 amide bonds. The molecule has 2 aromatic carbocycles. The van der Waals surface area contributed by atoms with E-state index in [1.807, 2.05) is 0 Å². The lowest BCUT2D eigenvalue weighted by Crippen LogP contribution is -2.25. The van der Waals surface area contributed by atoms with Crippen molar-refractivity contribution in [3.05, 3.63) is 80.2 Å². The number of carboxylic acids is 2. The molecule has 0 bridgehead atoms. The minimum absolute atomic E-state index is 0.0361. The number of rotatable bonds is 8. The van der Waals surface area contributed by atoms with Crippen LogP contribution in [0.25, 0.3) is 21.9 Å². The predicted octanol–water partition coefficient (Wildman–Crippen LogP) is 2.25. The first-order valence-electron chi connectivity index (χ1n) is 9.88. The van der Waals surface area contributed by atoms with Crippen molar-refractivity contribution in [1.82, 2.24) is 0 Å². The maximum Gasteiger partial charge on any atom is 0.371 e. The first-order chi connectivity index (χ1) is 16.6. The van der Waals surface area contributed by atoms with E-state index in [0.717, 1.165) is 24.3 Å². The van der Waals surface area contributed by atoms with E-state index in [9.17, 15) is 28.7 Å². The quantitative estimate of drug-likeness (QED) is 0.333. The topological polar surface area (TPSA) is 174 Å². The van der Waals surface area contributed by atoms with Gasteiger partial charge in [0.25, 0.3) is 0 Å². The van der Waals surface area contributed by atoms with Crippen LogP contribution in [0.1, 0.15) is 21.1 Å². The van der Waals surface area contributed by atoms with Gasteiger partial charge in [0.05, 0.1) is 5.39 Å². The van der Waals surface area contributed by atoms with E-state index >= 15 is 0 Å². The molecule has 0 aliphatic rings. The van der Waals surface area contributed by atoms with Gasteiger partial charge in [-0.15, -0.1) is 0 Å². The summed E-state index contributed by atoms with van der Waals surface area (Å²) < 4.78 is 34.9. The highest BCUT2D eigenvalue weighted by Gasteiger charge is 2.18. The lowest BCUT2D eigenvalue weighted by molar-refractivity contribution is 0.0630. The molecule has 0 radical (unpaired) electrons. The van der Waals surface area contributed by atoms with Crippen molar-refractivity contribution in [2.45, 2.75) is 6.10 Å². The lowest BCUT2D eigenvalue weighted by Gasteiger charge is -2.15. The zero-order valence-electron chi connectivity index (χ0n) is 17.5. The van der Waals surface area contributed by atoms with Crippen LogP contribution in [-0.2, 0) is 0 Å². The summed E-state index contributed by atoms with van der Waals surface area (Å²) in [5.41, 5.74) is -1.67. The van der Waals surface area contributed by atoms with Gasteiger partial charge < -0.3 is 33.6 Å². The monoisotopic (exact) mass is 486 g/mol. The molecule has 0 fully saturated rings. The second-order valence-corrected chi connectivity index (χ2v) is 7.27. The Hall–Kier alpha value is -4.71. The van der Waals surface area contributed by atoms with Gasteiger partial charge in [-0.2, -0.15) is 0 Å². The zero-order valence-corrected chi connectivity index (χ0v) is 17.5. The lowest BCUT2D eigenvalue weighted by atomic mass is 10.2. The van der Waals surface area contributed by atoms with Gasteiger partial charge in [0, 0.05) is 24.3 Å². The first kappa shape index (κ1) is 23.4. The van der Waals surface area contributed by atoms with Gasteiger partial charge in [0.1, 0.15) is 53.2 Å². The Morgan fingerprint density at radius 3 is 2.17 bits per heavy atom. The summed E-state index contributed by atoms with van der Waals surface area (Å²) in [6, 6.07) is 7.33. The molecule has 0 aliphatic carbocycles. The minimum atomic E-state index is -1.50. The molecule has 12 heteroatoms. The van der Waals surface area contributed by atoms with Crippen LogP contribution in [0.4, 0.5) is 4.39 Å². The Morgan fingerprint density at radius 2 is 1.49 bits per heavy atom. The number of carboxylic acid groups (broad SMARTS) is 2. The molecule has 4 rings (SSSR count). The first-order valence-corrected chi connectivity index (χ1v) is 9.88. The molecular formula is C23H15FO11. The number of aliphatic hydroxyl groups is 1. The Balaban J connectivity index is 1.47. The largest absolute Gasteiger partial charge is 0.491 e. The minimum Gasteiger partial charge on any atom is -0.491 e. The maximum absolute atomic E-state index is 13.9. The van der Waals surface area contributed by atoms with Crippen molar-refractivity contribution in [2.24, 2.45) is 0 Å². The molecule has 2 aromatic heterocycles. The van der Waals surface area contributed by atoms with E-state index in [1.165, 1.54) is 18.2 Å². The number of benzene rings is 2. The number of carbonyl (C=O) groups is 2. The molecule has 1 atom stereocenters. The highest BCUT2D eigenvalue weighted by atomic mass is 19.1. The average Bonchev–Trinajstić information content (AvgIpc) is 2.80. The molecule has 0 aliphatic heterocycles. The molecule has 2 heterocycles. The van der Waals surface area contributed by atoms with Crippen LogP contribution in [0.5, 0.6) is 11.5 Å². The number of aromatic carboxylic acids is 2. The fourth-order valence-corrected chi connectivity index (χ4v) is 3.20.